The molecule has 0 saturated carbocycles. The van der Waals surface area contributed by atoms with E-state index in [1.807, 2.05) is 24.4 Å². The zero-order valence-corrected chi connectivity index (χ0v) is 15.9. The minimum Gasteiger partial charge on any atom is -0.492 e. The van der Waals surface area contributed by atoms with Crippen molar-refractivity contribution in [3.05, 3.63) is 66.9 Å². The van der Waals surface area contributed by atoms with Gasteiger partial charge in [0.1, 0.15) is 18.4 Å². The van der Waals surface area contributed by atoms with Gasteiger partial charge in [0.05, 0.1) is 12.8 Å². The fourth-order valence-corrected chi connectivity index (χ4v) is 3.40. The second-order valence-corrected chi connectivity index (χ2v) is 6.77. The van der Waals surface area contributed by atoms with Crippen molar-refractivity contribution in [3.8, 4) is 5.75 Å². The Hall–Kier alpha value is -3.55. The third kappa shape index (κ3) is 4.48. The number of carbonyl (C=O) groups excluding carboxylic acids is 2. The smallest absolute Gasteiger partial charge is 0.290 e. The maximum atomic E-state index is 12.8. The highest BCUT2D eigenvalue weighted by atomic mass is 16.5. The van der Waals surface area contributed by atoms with Crippen molar-refractivity contribution in [1.29, 1.82) is 0 Å². The van der Waals surface area contributed by atoms with Crippen LogP contribution in [0.3, 0.4) is 0 Å². The van der Waals surface area contributed by atoms with E-state index in [1.54, 1.807) is 40.0 Å². The molecule has 1 atom stereocenters. The number of hydrogen-bond donors (Lipinski definition) is 1. The first-order valence-corrected chi connectivity index (χ1v) is 9.56. The number of rotatable bonds is 7. The van der Waals surface area contributed by atoms with Crippen LogP contribution in [0.25, 0.3) is 0 Å². The number of amides is 2. The largest absolute Gasteiger partial charge is 0.492 e. The van der Waals surface area contributed by atoms with Crippen LogP contribution in [0.4, 0.5) is 5.69 Å². The Morgan fingerprint density at radius 3 is 2.97 bits per heavy atom. The number of carbonyl (C=O) groups is 2. The van der Waals surface area contributed by atoms with Crippen molar-refractivity contribution in [1.82, 2.24) is 14.7 Å². The number of likely N-dealkylation sites (tertiary alicyclic amines) is 1. The van der Waals surface area contributed by atoms with Gasteiger partial charge >= 0.3 is 0 Å². The third-order valence-electron chi connectivity index (χ3n) is 4.80. The van der Waals surface area contributed by atoms with Gasteiger partial charge in [0.2, 0.25) is 5.91 Å². The van der Waals surface area contributed by atoms with E-state index in [9.17, 15) is 9.59 Å². The molecule has 4 rings (SSSR count). The minimum atomic E-state index is -0.517. The predicted octanol–water partition coefficient (Wildman–Crippen LogP) is 2.80. The number of furan rings is 1. The standard InChI is InChI=1S/C21H22N4O4/c26-20(18-7-2-11-25(18)21(27)19-8-3-13-29-19)23-16-5-1-6-17(15-16)28-14-12-24-10-4-9-22-24/h1,3-6,8-10,13,15,18H,2,7,11-12,14H2,(H,23,26). The summed E-state index contributed by atoms with van der Waals surface area (Å²) in [5.41, 5.74) is 0.629. The fourth-order valence-electron chi connectivity index (χ4n) is 3.40. The third-order valence-corrected chi connectivity index (χ3v) is 4.80. The second kappa shape index (κ2) is 8.64. The van der Waals surface area contributed by atoms with Gasteiger partial charge in [-0.1, -0.05) is 6.07 Å². The van der Waals surface area contributed by atoms with Crippen LogP contribution in [-0.4, -0.2) is 45.7 Å². The summed E-state index contributed by atoms with van der Waals surface area (Å²) in [5.74, 6) is 0.432. The Morgan fingerprint density at radius 1 is 1.24 bits per heavy atom. The monoisotopic (exact) mass is 394 g/mol. The van der Waals surface area contributed by atoms with Crippen LogP contribution in [0.15, 0.2) is 65.5 Å². The number of nitrogens with one attached hydrogen (secondary N) is 1. The van der Waals surface area contributed by atoms with Crippen LogP contribution in [-0.2, 0) is 11.3 Å². The van der Waals surface area contributed by atoms with E-state index in [-0.39, 0.29) is 17.6 Å². The quantitative estimate of drug-likeness (QED) is 0.666. The Balaban J connectivity index is 1.35. The first-order chi connectivity index (χ1) is 14.2. The summed E-state index contributed by atoms with van der Waals surface area (Å²) in [4.78, 5) is 26.9. The molecule has 1 saturated heterocycles. The molecule has 8 nitrogen and oxygen atoms in total. The number of nitrogens with zero attached hydrogens (tertiary/aromatic N) is 3. The van der Waals surface area contributed by atoms with Crippen LogP contribution >= 0.6 is 0 Å². The molecule has 1 aromatic carbocycles. The van der Waals surface area contributed by atoms with Gasteiger partial charge in [0.15, 0.2) is 5.76 Å². The predicted molar refractivity (Wildman–Crippen MR) is 106 cm³/mol. The van der Waals surface area contributed by atoms with E-state index in [2.05, 4.69) is 10.4 Å². The molecule has 1 aliphatic rings. The van der Waals surface area contributed by atoms with Crippen LogP contribution < -0.4 is 10.1 Å². The average Bonchev–Trinajstić information content (AvgIpc) is 3.50. The SMILES string of the molecule is O=C(Nc1cccc(OCCn2cccn2)c1)C1CCCN1C(=O)c1ccco1. The Bertz CT molecular complexity index is 953. The Kier molecular flexibility index (Phi) is 5.60. The van der Waals surface area contributed by atoms with Crippen molar-refractivity contribution in [2.75, 3.05) is 18.5 Å². The number of anilines is 1. The summed E-state index contributed by atoms with van der Waals surface area (Å²) >= 11 is 0. The molecule has 3 heterocycles. The van der Waals surface area contributed by atoms with E-state index >= 15 is 0 Å². The summed E-state index contributed by atoms with van der Waals surface area (Å²) in [6.45, 7) is 1.64. The highest BCUT2D eigenvalue weighted by Crippen LogP contribution is 2.23. The lowest BCUT2D eigenvalue weighted by Crippen LogP contribution is -2.43. The first-order valence-electron chi connectivity index (χ1n) is 9.56. The molecule has 2 amide bonds. The summed E-state index contributed by atoms with van der Waals surface area (Å²) in [7, 11) is 0. The molecule has 2 aromatic heterocycles. The summed E-state index contributed by atoms with van der Waals surface area (Å²) < 4.78 is 12.7. The molecule has 1 N–H and O–H groups in total. The maximum Gasteiger partial charge on any atom is 0.290 e. The van der Waals surface area contributed by atoms with E-state index in [0.717, 1.165) is 6.42 Å². The van der Waals surface area contributed by atoms with Crippen LogP contribution in [0.1, 0.15) is 23.4 Å². The number of hydrogen-bond acceptors (Lipinski definition) is 5. The molecule has 29 heavy (non-hydrogen) atoms. The Morgan fingerprint density at radius 2 is 2.17 bits per heavy atom. The van der Waals surface area contributed by atoms with Crippen LogP contribution in [0.5, 0.6) is 5.75 Å². The highest BCUT2D eigenvalue weighted by Gasteiger charge is 2.35. The van der Waals surface area contributed by atoms with E-state index in [4.69, 9.17) is 9.15 Å². The first kappa shape index (κ1) is 18.8. The number of aromatic nitrogens is 2. The normalized spacial score (nSPS) is 16.0. The van der Waals surface area contributed by atoms with Crippen LogP contribution in [0.2, 0.25) is 0 Å². The molecule has 0 spiro atoms. The average molecular weight is 394 g/mol. The molecule has 8 heteroatoms. The van der Waals surface area contributed by atoms with Gasteiger partial charge in [-0.25, -0.2) is 0 Å². The van der Waals surface area contributed by atoms with Gasteiger partial charge in [-0.3, -0.25) is 14.3 Å². The molecular formula is C21H22N4O4. The van der Waals surface area contributed by atoms with Crippen molar-refractivity contribution in [2.45, 2.75) is 25.4 Å². The summed E-state index contributed by atoms with van der Waals surface area (Å²) in [5, 5.41) is 7.03. The molecule has 1 aliphatic heterocycles. The molecule has 3 aromatic rings. The second-order valence-electron chi connectivity index (χ2n) is 6.77. The van der Waals surface area contributed by atoms with E-state index in [0.29, 0.717) is 37.6 Å². The Labute approximate surface area is 168 Å². The molecule has 1 unspecified atom stereocenters. The summed E-state index contributed by atoms with van der Waals surface area (Å²) in [6.07, 6.45) is 6.45. The van der Waals surface area contributed by atoms with Crippen LogP contribution in [0, 0.1) is 0 Å². The van der Waals surface area contributed by atoms with Crippen molar-refractivity contribution >= 4 is 17.5 Å². The van der Waals surface area contributed by atoms with E-state index in [1.165, 1.54) is 6.26 Å². The lowest BCUT2D eigenvalue weighted by Gasteiger charge is -2.23. The van der Waals surface area contributed by atoms with Crippen molar-refractivity contribution in [3.63, 3.8) is 0 Å². The van der Waals surface area contributed by atoms with Gasteiger partial charge in [-0.15, -0.1) is 0 Å². The zero-order chi connectivity index (χ0) is 20.1. The maximum absolute atomic E-state index is 12.8. The van der Waals surface area contributed by atoms with Crippen molar-refractivity contribution in [2.24, 2.45) is 0 Å². The molecule has 0 aliphatic carbocycles. The van der Waals surface area contributed by atoms with E-state index < -0.39 is 6.04 Å². The minimum absolute atomic E-state index is 0.212. The molecule has 0 radical (unpaired) electrons. The topological polar surface area (TPSA) is 89.6 Å². The lowest BCUT2D eigenvalue weighted by atomic mass is 10.2. The van der Waals surface area contributed by atoms with Gasteiger partial charge in [0.25, 0.3) is 5.91 Å². The fraction of sp³-hybridized carbons (Fsp3) is 0.286. The number of benzene rings is 1. The molecule has 0 bridgehead atoms. The van der Waals surface area contributed by atoms with Gasteiger partial charge in [-0.05, 0) is 43.2 Å². The number of ether oxygens (including phenoxy) is 1. The highest BCUT2D eigenvalue weighted by molar-refractivity contribution is 6.00. The zero-order valence-electron chi connectivity index (χ0n) is 15.9. The van der Waals surface area contributed by atoms with Gasteiger partial charge in [0, 0.05) is 30.7 Å². The lowest BCUT2D eigenvalue weighted by molar-refractivity contribution is -0.119. The molecule has 150 valence electrons. The van der Waals surface area contributed by atoms with Crippen molar-refractivity contribution < 1.29 is 18.7 Å². The summed E-state index contributed by atoms with van der Waals surface area (Å²) in [6, 6.07) is 11.8. The van der Waals surface area contributed by atoms with Gasteiger partial charge in [-0.2, -0.15) is 5.10 Å². The molecular weight excluding hydrogens is 372 g/mol. The molecule has 1 fully saturated rings. The van der Waals surface area contributed by atoms with Gasteiger partial charge < -0.3 is 19.4 Å².